The van der Waals surface area contributed by atoms with Crippen LogP contribution in [0.5, 0.6) is 0 Å². The Morgan fingerprint density at radius 2 is 2.29 bits per heavy atom. The van der Waals surface area contributed by atoms with E-state index in [0.717, 1.165) is 38.4 Å². The number of nitrogens with one attached hydrogen (secondary N) is 1. The summed E-state index contributed by atoms with van der Waals surface area (Å²) in [6, 6.07) is 0. The van der Waals surface area contributed by atoms with Crippen LogP contribution < -0.4 is 5.32 Å². The molecule has 0 aliphatic carbocycles. The summed E-state index contributed by atoms with van der Waals surface area (Å²) in [5.41, 5.74) is 0.636. The Labute approximate surface area is 99.2 Å². The second kappa shape index (κ2) is 6.09. The molecule has 1 N–H and O–H groups in total. The van der Waals surface area contributed by atoms with Gasteiger partial charge in [-0.2, -0.15) is 4.52 Å². The van der Waals surface area contributed by atoms with Gasteiger partial charge in [-0.1, -0.05) is 6.92 Å². The van der Waals surface area contributed by atoms with Crippen molar-refractivity contribution in [1.29, 1.82) is 0 Å². The van der Waals surface area contributed by atoms with Gasteiger partial charge in [0.15, 0.2) is 5.65 Å². The summed E-state index contributed by atoms with van der Waals surface area (Å²) >= 11 is 0. The van der Waals surface area contributed by atoms with Crippen LogP contribution in [0, 0.1) is 0 Å². The molecular formula is C10H16N6O. The largest absolute Gasteiger partial charge is 0.381 e. The topological polar surface area (TPSA) is 77.2 Å². The molecule has 0 radical (unpaired) electrons. The Morgan fingerprint density at radius 1 is 1.35 bits per heavy atom. The van der Waals surface area contributed by atoms with Gasteiger partial charge in [-0.25, -0.2) is 0 Å². The lowest BCUT2D eigenvalue weighted by Crippen LogP contribution is -2.09. The van der Waals surface area contributed by atoms with Gasteiger partial charge in [0.1, 0.15) is 5.82 Å². The quantitative estimate of drug-likeness (QED) is 0.715. The van der Waals surface area contributed by atoms with Gasteiger partial charge in [0.2, 0.25) is 0 Å². The molecule has 7 nitrogen and oxygen atoms in total. The van der Waals surface area contributed by atoms with Crippen LogP contribution in [-0.2, 0) is 4.74 Å². The third-order valence-electron chi connectivity index (χ3n) is 2.23. The van der Waals surface area contributed by atoms with Crippen LogP contribution in [0.25, 0.3) is 5.65 Å². The second-order valence-corrected chi connectivity index (χ2v) is 3.63. The van der Waals surface area contributed by atoms with Crippen molar-refractivity contribution in [1.82, 2.24) is 25.0 Å². The number of aromatic nitrogens is 5. The Hall–Kier alpha value is -1.76. The highest BCUT2D eigenvalue weighted by atomic mass is 16.5. The summed E-state index contributed by atoms with van der Waals surface area (Å²) in [7, 11) is 0. The van der Waals surface area contributed by atoms with E-state index < -0.39 is 0 Å². The van der Waals surface area contributed by atoms with Gasteiger partial charge in [-0.3, -0.25) is 4.98 Å². The lowest BCUT2D eigenvalue weighted by atomic mass is 10.4. The van der Waals surface area contributed by atoms with Crippen molar-refractivity contribution in [2.24, 2.45) is 0 Å². The zero-order valence-electron chi connectivity index (χ0n) is 9.83. The molecule has 2 heterocycles. The molecule has 92 valence electrons. The molecule has 0 saturated heterocycles. The van der Waals surface area contributed by atoms with E-state index in [1.165, 1.54) is 0 Å². The highest BCUT2D eigenvalue weighted by Gasteiger charge is 2.02. The molecule has 7 heteroatoms. The normalized spacial score (nSPS) is 10.9. The van der Waals surface area contributed by atoms with E-state index in [2.05, 4.69) is 32.7 Å². The molecular weight excluding hydrogens is 220 g/mol. The highest BCUT2D eigenvalue weighted by Crippen LogP contribution is 2.05. The lowest BCUT2D eigenvalue weighted by molar-refractivity contribution is 0.134. The molecule has 0 aliphatic heterocycles. The fraction of sp³-hybridized carbons (Fsp3) is 0.600. The van der Waals surface area contributed by atoms with Crippen molar-refractivity contribution in [2.75, 3.05) is 25.1 Å². The summed E-state index contributed by atoms with van der Waals surface area (Å²) in [5, 5.41) is 14.5. The van der Waals surface area contributed by atoms with Gasteiger partial charge in [0, 0.05) is 19.8 Å². The summed E-state index contributed by atoms with van der Waals surface area (Å²) < 4.78 is 7.02. The zero-order chi connectivity index (χ0) is 11.9. The number of fused-ring (bicyclic) bond motifs is 1. The number of hydrogen-bond acceptors (Lipinski definition) is 6. The number of tetrazole rings is 1. The first-order valence-electron chi connectivity index (χ1n) is 5.75. The van der Waals surface area contributed by atoms with E-state index in [4.69, 9.17) is 4.74 Å². The predicted octanol–water partition coefficient (Wildman–Crippen LogP) is 0.748. The first-order chi connectivity index (χ1) is 8.42. The van der Waals surface area contributed by atoms with Crippen LogP contribution >= 0.6 is 0 Å². The van der Waals surface area contributed by atoms with E-state index in [9.17, 15) is 0 Å². The van der Waals surface area contributed by atoms with Gasteiger partial charge in [0.25, 0.3) is 0 Å². The summed E-state index contributed by atoms with van der Waals surface area (Å²) in [5.74, 6) is 0.794. The zero-order valence-corrected chi connectivity index (χ0v) is 9.83. The number of nitrogens with zero attached hydrogens (tertiary/aromatic N) is 5. The molecule has 2 aromatic heterocycles. The summed E-state index contributed by atoms with van der Waals surface area (Å²) in [6.07, 6.45) is 5.32. The molecule has 0 aliphatic rings. The molecule has 0 amide bonds. The molecule has 0 bridgehead atoms. The Bertz CT molecular complexity index is 457. The van der Waals surface area contributed by atoms with Gasteiger partial charge >= 0.3 is 0 Å². The maximum atomic E-state index is 5.39. The average molecular weight is 236 g/mol. The SMILES string of the molecule is CCCOCCCNc1cncc2nnnn12. The van der Waals surface area contributed by atoms with Gasteiger partial charge in [0.05, 0.1) is 12.4 Å². The highest BCUT2D eigenvalue weighted by molar-refractivity contribution is 5.43. The standard InChI is InChI=1S/C10H16N6O/c1-2-5-17-6-3-4-12-9-7-11-8-10-13-14-15-16(9)10/h7-8,12H,2-6H2,1H3. The van der Waals surface area contributed by atoms with Crippen molar-refractivity contribution in [3.63, 3.8) is 0 Å². The lowest BCUT2D eigenvalue weighted by Gasteiger charge is -2.06. The van der Waals surface area contributed by atoms with Crippen LogP contribution in [-0.4, -0.2) is 44.8 Å². The third-order valence-corrected chi connectivity index (χ3v) is 2.23. The minimum absolute atomic E-state index is 0.636. The molecule has 0 spiro atoms. The first kappa shape index (κ1) is 11.7. The maximum absolute atomic E-state index is 5.39. The molecule has 0 saturated carbocycles. The van der Waals surface area contributed by atoms with Crippen molar-refractivity contribution in [3.8, 4) is 0 Å². The molecule has 0 unspecified atom stereocenters. The molecule has 2 aromatic rings. The Kier molecular flexibility index (Phi) is 4.20. The smallest absolute Gasteiger partial charge is 0.199 e. The van der Waals surface area contributed by atoms with Crippen LogP contribution in [0.15, 0.2) is 12.4 Å². The number of rotatable bonds is 7. The summed E-state index contributed by atoms with van der Waals surface area (Å²) in [6.45, 7) is 4.50. The summed E-state index contributed by atoms with van der Waals surface area (Å²) in [4.78, 5) is 4.06. The Morgan fingerprint density at radius 3 is 3.18 bits per heavy atom. The molecule has 0 atom stereocenters. The van der Waals surface area contributed by atoms with Gasteiger partial charge in [-0.05, 0) is 23.3 Å². The Balaban J connectivity index is 1.80. The van der Waals surface area contributed by atoms with Gasteiger partial charge < -0.3 is 10.1 Å². The number of ether oxygens (including phenoxy) is 1. The predicted molar refractivity (Wildman–Crippen MR) is 62.8 cm³/mol. The van der Waals surface area contributed by atoms with E-state index in [-0.39, 0.29) is 0 Å². The first-order valence-corrected chi connectivity index (χ1v) is 5.75. The van der Waals surface area contributed by atoms with Crippen LogP contribution in [0.1, 0.15) is 19.8 Å². The minimum Gasteiger partial charge on any atom is -0.381 e. The van der Waals surface area contributed by atoms with Crippen LogP contribution in [0.4, 0.5) is 5.82 Å². The third kappa shape index (κ3) is 3.10. The molecule has 0 aromatic carbocycles. The molecule has 2 rings (SSSR count). The van der Waals surface area contributed by atoms with Crippen LogP contribution in [0.3, 0.4) is 0 Å². The molecule has 0 fully saturated rings. The molecule has 17 heavy (non-hydrogen) atoms. The van der Waals surface area contributed by atoms with Crippen molar-refractivity contribution >= 4 is 11.5 Å². The fourth-order valence-corrected chi connectivity index (χ4v) is 1.43. The van der Waals surface area contributed by atoms with Crippen molar-refractivity contribution < 1.29 is 4.74 Å². The van der Waals surface area contributed by atoms with Crippen molar-refractivity contribution in [3.05, 3.63) is 12.4 Å². The fourth-order valence-electron chi connectivity index (χ4n) is 1.43. The van der Waals surface area contributed by atoms with E-state index in [0.29, 0.717) is 5.65 Å². The van der Waals surface area contributed by atoms with E-state index >= 15 is 0 Å². The van der Waals surface area contributed by atoms with Crippen LogP contribution in [0.2, 0.25) is 0 Å². The second-order valence-electron chi connectivity index (χ2n) is 3.63. The maximum Gasteiger partial charge on any atom is 0.199 e. The number of anilines is 1. The van der Waals surface area contributed by atoms with E-state index in [1.807, 2.05) is 0 Å². The van der Waals surface area contributed by atoms with Gasteiger partial charge in [-0.15, -0.1) is 5.10 Å². The average Bonchev–Trinajstić information content (AvgIpc) is 2.82. The minimum atomic E-state index is 0.636. The monoisotopic (exact) mass is 236 g/mol. The number of hydrogen-bond donors (Lipinski definition) is 1. The van der Waals surface area contributed by atoms with Crippen molar-refractivity contribution in [2.45, 2.75) is 19.8 Å². The van der Waals surface area contributed by atoms with E-state index in [1.54, 1.807) is 16.9 Å².